The number of fused-ring (bicyclic) bond motifs is 4. The maximum absolute atomic E-state index is 15.3. The zero-order chi connectivity index (χ0) is 38.3. The smallest absolute Gasteiger partial charge is 0.508 e. The van der Waals surface area contributed by atoms with Crippen LogP contribution in [0.2, 0.25) is 5.02 Å². The third-order valence-electron chi connectivity index (χ3n) is 11.0. The molecule has 2 saturated heterocycles. The molecule has 15 heteroatoms. The maximum Gasteiger partial charge on any atom is 0.573 e. The molecular weight excluding hydrogens is 731 g/mol. The van der Waals surface area contributed by atoms with Gasteiger partial charge in [-0.15, -0.1) is 13.2 Å². The number of halogens is 4. The number of phenolic OH excluding ortho intramolecular Hbond substituents is 1. The van der Waals surface area contributed by atoms with E-state index in [-0.39, 0.29) is 40.5 Å². The molecule has 274 valence electrons. The molecule has 4 amide bonds. The summed E-state index contributed by atoms with van der Waals surface area (Å²) in [6, 6.07) is 22.2. The molecule has 8 rings (SSSR count). The fraction of sp³-hybridized carbons (Fsp3) is 0.231. The summed E-state index contributed by atoms with van der Waals surface area (Å²) >= 11 is 6.31. The molecule has 4 aromatic carbocycles. The van der Waals surface area contributed by atoms with E-state index in [1.165, 1.54) is 30.3 Å². The van der Waals surface area contributed by atoms with Crippen molar-refractivity contribution >= 4 is 52.3 Å². The predicted octanol–water partition coefficient (Wildman–Crippen LogP) is 7.22. The second-order valence-electron chi connectivity index (χ2n) is 13.7. The number of rotatable bonds is 6. The summed E-state index contributed by atoms with van der Waals surface area (Å²) in [5.41, 5.74) is -1.57. The summed E-state index contributed by atoms with van der Waals surface area (Å²) < 4.78 is 45.0. The minimum atomic E-state index is -5.12. The molecule has 54 heavy (non-hydrogen) atoms. The largest absolute Gasteiger partial charge is 0.573 e. The summed E-state index contributed by atoms with van der Waals surface area (Å²) in [5.74, 6) is -9.52. The number of imide groups is 2. The van der Waals surface area contributed by atoms with Crippen molar-refractivity contribution in [2.45, 2.75) is 30.5 Å². The Morgan fingerprint density at radius 1 is 0.833 bits per heavy atom. The average Bonchev–Trinajstić information content (AvgIpc) is 3.53. The molecule has 0 spiro atoms. The van der Waals surface area contributed by atoms with Gasteiger partial charge >= 0.3 is 6.36 Å². The van der Waals surface area contributed by atoms with E-state index in [2.05, 4.69) is 4.74 Å². The van der Waals surface area contributed by atoms with E-state index in [0.717, 1.165) is 34.1 Å². The number of non-ortho nitro benzene ring substituents is 1. The van der Waals surface area contributed by atoms with Crippen molar-refractivity contribution in [1.82, 2.24) is 0 Å². The summed E-state index contributed by atoms with van der Waals surface area (Å²) in [5, 5.41) is 23.3. The van der Waals surface area contributed by atoms with Crippen LogP contribution in [0.3, 0.4) is 0 Å². The van der Waals surface area contributed by atoms with E-state index in [0.29, 0.717) is 11.1 Å². The van der Waals surface area contributed by atoms with Crippen LogP contribution >= 0.6 is 11.6 Å². The van der Waals surface area contributed by atoms with Gasteiger partial charge in [0.1, 0.15) is 11.5 Å². The molecule has 11 nitrogen and oxygen atoms in total. The zero-order valence-electron chi connectivity index (χ0n) is 27.8. The lowest BCUT2D eigenvalue weighted by Crippen LogP contribution is -2.53. The first-order chi connectivity index (χ1) is 25.7. The average molecular weight is 758 g/mol. The highest BCUT2D eigenvalue weighted by molar-refractivity contribution is 6.32. The molecular formula is C39H27ClF3N3O8. The fourth-order valence-corrected chi connectivity index (χ4v) is 9.23. The molecule has 1 saturated carbocycles. The molecule has 0 aromatic heterocycles. The molecule has 2 aliphatic heterocycles. The maximum atomic E-state index is 15.3. The number of hydrogen-bond donors (Lipinski definition) is 1. The van der Waals surface area contributed by atoms with Crippen LogP contribution in [0.4, 0.5) is 30.2 Å². The lowest BCUT2D eigenvalue weighted by atomic mass is 9.49. The van der Waals surface area contributed by atoms with E-state index in [4.69, 9.17) is 11.6 Å². The van der Waals surface area contributed by atoms with Crippen LogP contribution < -0.4 is 14.5 Å². The van der Waals surface area contributed by atoms with Gasteiger partial charge in [-0.25, -0.2) is 9.80 Å². The van der Waals surface area contributed by atoms with Gasteiger partial charge in [0.15, 0.2) is 0 Å². The lowest BCUT2D eigenvalue weighted by Gasteiger charge is -2.50. The highest BCUT2D eigenvalue weighted by Gasteiger charge is 2.70. The molecule has 2 heterocycles. The second-order valence-corrected chi connectivity index (χ2v) is 14.1. The monoisotopic (exact) mass is 757 g/mol. The Bertz CT molecular complexity index is 2320. The molecule has 6 atom stereocenters. The van der Waals surface area contributed by atoms with Crippen LogP contribution in [0.5, 0.6) is 11.5 Å². The number of ether oxygens (including phenoxy) is 1. The number of nitro groups is 1. The molecule has 0 unspecified atom stereocenters. The number of aromatic hydroxyl groups is 1. The number of alkyl halides is 3. The Morgan fingerprint density at radius 2 is 1.54 bits per heavy atom. The highest BCUT2D eigenvalue weighted by atomic mass is 35.5. The number of allylic oxidation sites excluding steroid dienone is 2. The van der Waals surface area contributed by atoms with E-state index in [1.807, 2.05) is 0 Å². The summed E-state index contributed by atoms with van der Waals surface area (Å²) in [6.45, 7) is 0. The third-order valence-corrected chi connectivity index (χ3v) is 11.2. The first-order valence-electron chi connectivity index (χ1n) is 16.8. The normalized spacial score (nSPS) is 26.3. The van der Waals surface area contributed by atoms with Crippen LogP contribution in [0.25, 0.3) is 0 Å². The number of nitrogens with zero attached hydrogens (tertiary/aromatic N) is 3. The first kappa shape index (κ1) is 35.0. The number of carbonyl (C=O) groups is 4. The predicted molar refractivity (Wildman–Crippen MR) is 186 cm³/mol. The Balaban J connectivity index is 1.36. The fourth-order valence-electron chi connectivity index (χ4n) is 9.05. The van der Waals surface area contributed by atoms with Crippen LogP contribution in [-0.4, -0.2) is 40.0 Å². The molecule has 2 aliphatic carbocycles. The summed E-state index contributed by atoms with van der Waals surface area (Å²) in [4.78, 5) is 71.4. The Labute approximate surface area is 309 Å². The van der Waals surface area contributed by atoms with E-state index >= 15 is 4.79 Å². The van der Waals surface area contributed by atoms with Gasteiger partial charge in [0.05, 0.1) is 39.5 Å². The van der Waals surface area contributed by atoms with Crippen molar-refractivity contribution in [1.29, 1.82) is 0 Å². The van der Waals surface area contributed by atoms with Crippen molar-refractivity contribution in [2.24, 2.45) is 23.7 Å². The van der Waals surface area contributed by atoms with Crippen LogP contribution in [0.15, 0.2) is 109 Å². The summed E-state index contributed by atoms with van der Waals surface area (Å²) in [6.07, 6.45) is -3.63. The van der Waals surface area contributed by atoms with Gasteiger partial charge in [-0.1, -0.05) is 65.7 Å². The SMILES string of the molecule is O=C1[C@H]2[C@H](CC=C3[C@H]2C[C@H]2C(=O)N(c4cccc(Cl)c4)C(=O)[C@@]2(c2ccccc2)[C@H]3c2cc(OC(F)(F)F)ccc2O)C(=O)N1c1cccc([N+](=O)[O-])c1. The van der Waals surface area contributed by atoms with Crippen molar-refractivity contribution in [2.75, 3.05) is 9.80 Å². The number of carbonyl (C=O) groups excluding carboxylic acids is 4. The van der Waals surface area contributed by atoms with Crippen molar-refractivity contribution in [3.8, 4) is 11.5 Å². The molecule has 4 aromatic rings. The highest BCUT2D eigenvalue weighted by Crippen LogP contribution is 2.65. The first-order valence-corrected chi connectivity index (χ1v) is 17.2. The van der Waals surface area contributed by atoms with Crippen molar-refractivity contribution in [3.63, 3.8) is 0 Å². The minimum Gasteiger partial charge on any atom is -0.508 e. The number of anilines is 2. The Kier molecular flexibility index (Phi) is 8.14. The molecule has 4 aliphatic rings. The van der Waals surface area contributed by atoms with Crippen LogP contribution in [-0.2, 0) is 24.6 Å². The van der Waals surface area contributed by atoms with Crippen LogP contribution in [0.1, 0.15) is 29.9 Å². The third kappa shape index (κ3) is 5.26. The standard InChI is InChI=1S/C39H27ClF3N3O8/c40-21-8-4-9-22(16-21)45-35(49)30-19-28-26(13-14-27-32(28)36(50)44(34(27)48)23-10-5-11-24(17-23)46(52)53)33(38(30,37(45)51)20-6-2-1-3-7-20)29-18-25(12-15-31(29)47)54-39(41,42)43/h1-13,15-18,27-28,30,32-33,47H,14,19H2/t27-,28+,30-,32-,33+,38+/m0/s1. The van der Waals surface area contributed by atoms with E-state index in [1.54, 1.807) is 48.5 Å². The lowest BCUT2D eigenvalue weighted by molar-refractivity contribution is -0.384. The van der Waals surface area contributed by atoms with Gasteiger partial charge in [0, 0.05) is 28.6 Å². The van der Waals surface area contributed by atoms with Gasteiger partial charge in [-0.05, 0) is 66.8 Å². The van der Waals surface area contributed by atoms with E-state index in [9.17, 15) is 42.8 Å². The molecule has 1 N–H and O–H groups in total. The van der Waals surface area contributed by atoms with Gasteiger partial charge in [-0.3, -0.25) is 29.3 Å². The number of nitro benzene ring substituents is 1. The van der Waals surface area contributed by atoms with Gasteiger partial charge in [0.25, 0.3) is 5.69 Å². The summed E-state index contributed by atoms with van der Waals surface area (Å²) in [7, 11) is 0. The number of benzene rings is 4. The second kappa shape index (κ2) is 12.5. The topological polar surface area (TPSA) is 147 Å². The number of amides is 4. The number of hydrogen-bond acceptors (Lipinski definition) is 8. The Hall–Kier alpha value is -6.02. The molecule has 0 radical (unpaired) electrons. The van der Waals surface area contributed by atoms with Gasteiger partial charge in [0.2, 0.25) is 23.6 Å². The van der Waals surface area contributed by atoms with Gasteiger partial charge in [-0.2, -0.15) is 0 Å². The minimum absolute atomic E-state index is 0.0185. The molecule has 3 fully saturated rings. The van der Waals surface area contributed by atoms with E-state index < -0.39 is 81.4 Å². The zero-order valence-corrected chi connectivity index (χ0v) is 28.5. The van der Waals surface area contributed by atoms with Crippen molar-refractivity contribution < 1.29 is 47.1 Å². The quantitative estimate of drug-likeness (QED) is 0.0939. The Morgan fingerprint density at radius 3 is 2.22 bits per heavy atom. The molecule has 0 bridgehead atoms. The van der Waals surface area contributed by atoms with Crippen LogP contribution in [0, 0.1) is 33.8 Å². The van der Waals surface area contributed by atoms with Crippen molar-refractivity contribution in [3.05, 3.63) is 135 Å². The van der Waals surface area contributed by atoms with Gasteiger partial charge < -0.3 is 9.84 Å². The number of phenols is 1.